The summed E-state index contributed by atoms with van der Waals surface area (Å²) >= 11 is 0. The molecule has 0 aliphatic heterocycles. The monoisotopic (exact) mass is 330 g/mol. The topological polar surface area (TPSA) is 66.8 Å². The molecule has 1 aromatic rings. The molecule has 4 heteroatoms. The fourth-order valence-corrected chi connectivity index (χ4v) is 5.91. The van der Waals surface area contributed by atoms with Crippen molar-refractivity contribution >= 4 is 5.97 Å². The molecule has 0 radical (unpaired) electrons. The first-order valence-corrected chi connectivity index (χ1v) is 9.07. The van der Waals surface area contributed by atoms with Gasteiger partial charge in [0.2, 0.25) is 0 Å². The Morgan fingerprint density at radius 1 is 1.33 bits per heavy atom. The molecule has 6 atom stereocenters. The van der Waals surface area contributed by atoms with E-state index in [0.29, 0.717) is 24.0 Å². The summed E-state index contributed by atoms with van der Waals surface area (Å²) in [6.45, 7) is 3.63. The number of phenols is 1. The van der Waals surface area contributed by atoms with Crippen LogP contribution in [0.1, 0.15) is 56.6 Å². The number of rotatable bonds is 1. The largest absolute Gasteiger partial charge is 0.508 e. The normalized spacial score (nSPS) is 40.4. The van der Waals surface area contributed by atoms with Gasteiger partial charge in [-0.1, -0.05) is 13.0 Å². The molecule has 0 aromatic heterocycles. The zero-order valence-electron chi connectivity index (χ0n) is 14.4. The standard InChI is InChI=1S/C20H26O4/c1-11(21)24-17-10-18(23)20(2)8-7-15-14-6-4-13(22)9-12(14)3-5-16(15)19(17)20/h4,6,9,15-19,22-23H,3,5,7-8,10H2,1-2H3/t15-,16-,17?,18?,19-,20-/m1/s1. The zero-order valence-corrected chi connectivity index (χ0v) is 14.4. The maximum absolute atomic E-state index is 11.5. The number of aromatic hydroxyl groups is 1. The van der Waals surface area contributed by atoms with Crippen LogP contribution in [0, 0.1) is 17.3 Å². The Balaban J connectivity index is 1.71. The average molecular weight is 330 g/mol. The van der Waals surface area contributed by atoms with Crippen LogP contribution in [0.25, 0.3) is 0 Å². The van der Waals surface area contributed by atoms with E-state index in [1.54, 1.807) is 6.07 Å². The smallest absolute Gasteiger partial charge is 0.302 e. The Bertz CT molecular complexity index is 670. The molecule has 2 saturated carbocycles. The van der Waals surface area contributed by atoms with Crippen LogP contribution in [0.5, 0.6) is 5.75 Å². The van der Waals surface area contributed by atoms with Gasteiger partial charge in [-0.25, -0.2) is 0 Å². The minimum absolute atomic E-state index is 0.157. The number of aliphatic hydroxyl groups is 1. The molecule has 3 aliphatic rings. The van der Waals surface area contributed by atoms with Crippen molar-refractivity contribution in [1.29, 1.82) is 0 Å². The molecule has 2 fully saturated rings. The molecule has 0 saturated heterocycles. The van der Waals surface area contributed by atoms with Crippen molar-refractivity contribution in [2.45, 2.75) is 64.1 Å². The van der Waals surface area contributed by atoms with Crippen molar-refractivity contribution in [1.82, 2.24) is 0 Å². The second kappa shape index (κ2) is 5.48. The molecule has 24 heavy (non-hydrogen) atoms. The Morgan fingerprint density at radius 2 is 2.12 bits per heavy atom. The molecular formula is C20H26O4. The molecule has 0 heterocycles. The number of benzene rings is 1. The van der Waals surface area contributed by atoms with Crippen molar-refractivity contribution in [3.05, 3.63) is 29.3 Å². The summed E-state index contributed by atoms with van der Waals surface area (Å²) in [5.41, 5.74) is 2.44. The van der Waals surface area contributed by atoms with E-state index in [9.17, 15) is 15.0 Å². The van der Waals surface area contributed by atoms with Gasteiger partial charge in [0.1, 0.15) is 11.9 Å². The number of hydrogen-bond donors (Lipinski definition) is 2. The summed E-state index contributed by atoms with van der Waals surface area (Å²) in [6, 6.07) is 5.74. The van der Waals surface area contributed by atoms with Crippen LogP contribution in [-0.2, 0) is 16.0 Å². The number of carbonyl (C=O) groups is 1. The predicted molar refractivity (Wildman–Crippen MR) is 89.7 cm³/mol. The van der Waals surface area contributed by atoms with E-state index in [2.05, 4.69) is 13.0 Å². The number of phenolic OH excluding ortho intramolecular Hbond substituents is 1. The highest BCUT2D eigenvalue weighted by Crippen LogP contribution is 2.61. The van der Waals surface area contributed by atoms with E-state index in [4.69, 9.17) is 4.74 Å². The van der Waals surface area contributed by atoms with Crippen LogP contribution in [0.4, 0.5) is 0 Å². The second-order valence-corrected chi connectivity index (χ2v) is 8.16. The number of hydrogen-bond acceptors (Lipinski definition) is 4. The van der Waals surface area contributed by atoms with E-state index in [1.807, 2.05) is 6.07 Å². The van der Waals surface area contributed by atoms with E-state index >= 15 is 0 Å². The lowest BCUT2D eigenvalue weighted by atomic mass is 9.55. The number of aliphatic hydroxyl groups excluding tert-OH is 1. The summed E-state index contributed by atoms with van der Waals surface area (Å²) in [5.74, 6) is 1.18. The first-order chi connectivity index (χ1) is 11.4. The fraction of sp³-hybridized carbons (Fsp3) is 0.650. The lowest BCUT2D eigenvalue weighted by Crippen LogP contribution is -2.47. The molecule has 0 amide bonds. The number of carbonyl (C=O) groups excluding carboxylic acids is 1. The minimum atomic E-state index is -0.394. The van der Waals surface area contributed by atoms with Gasteiger partial charge in [0, 0.05) is 24.7 Å². The number of esters is 1. The highest BCUT2D eigenvalue weighted by atomic mass is 16.5. The number of fused-ring (bicyclic) bond motifs is 5. The van der Waals surface area contributed by atoms with Gasteiger partial charge in [-0.05, 0) is 60.8 Å². The lowest BCUT2D eigenvalue weighted by Gasteiger charge is -2.50. The van der Waals surface area contributed by atoms with E-state index in [1.165, 1.54) is 18.1 Å². The first-order valence-electron chi connectivity index (χ1n) is 9.07. The van der Waals surface area contributed by atoms with Crippen LogP contribution in [-0.4, -0.2) is 28.4 Å². The highest BCUT2D eigenvalue weighted by Gasteiger charge is 2.59. The van der Waals surface area contributed by atoms with Gasteiger partial charge in [0.05, 0.1) is 6.10 Å². The van der Waals surface area contributed by atoms with Gasteiger partial charge in [-0.2, -0.15) is 0 Å². The molecule has 2 N–H and O–H groups in total. The number of ether oxygens (including phenoxy) is 1. The van der Waals surface area contributed by atoms with Crippen molar-refractivity contribution in [2.75, 3.05) is 0 Å². The third-order valence-corrected chi connectivity index (χ3v) is 6.94. The van der Waals surface area contributed by atoms with Gasteiger partial charge in [0.25, 0.3) is 0 Å². The fourth-order valence-electron chi connectivity index (χ4n) is 5.91. The third-order valence-electron chi connectivity index (χ3n) is 6.94. The van der Waals surface area contributed by atoms with Gasteiger partial charge < -0.3 is 14.9 Å². The first kappa shape index (κ1) is 15.9. The molecule has 0 spiro atoms. The SMILES string of the molecule is CC(=O)OC1CC(O)[C@@]2(C)CC[C@@H]3c4ccc(O)cc4CC[C@H]3[C@H]12. The molecule has 4 nitrogen and oxygen atoms in total. The van der Waals surface area contributed by atoms with Gasteiger partial charge in [-0.15, -0.1) is 0 Å². The van der Waals surface area contributed by atoms with Crippen LogP contribution in [0.2, 0.25) is 0 Å². The van der Waals surface area contributed by atoms with Gasteiger partial charge >= 0.3 is 5.97 Å². The van der Waals surface area contributed by atoms with Crippen LogP contribution < -0.4 is 0 Å². The maximum Gasteiger partial charge on any atom is 0.302 e. The lowest BCUT2D eigenvalue weighted by molar-refractivity contribution is -0.152. The van der Waals surface area contributed by atoms with Crippen molar-refractivity contribution in [3.63, 3.8) is 0 Å². The average Bonchev–Trinajstić information content (AvgIpc) is 2.77. The van der Waals surface area contributed by atoms with E-state index < -0.39 is 6.10 Å². The second-order valence-electron chi connectivity index (χ2n) is 8.16. The number of aryl methyl sites for hydroxylation is 1. The Hall–Kier alpha value is -1.55. The molecule has 1 aromatic carbocycles. The summed E-state index contributed by atoms with van der Waals surface area (Å²) in [7, 11) is 0. The highest BCUT2D eigenvalue weighted by molar-refractivity contribution is 5.66. The van der Waals surface area contributed by atoms with Gasteiger partial charge in [-0.3, -0.25) is 4.79 Å². The summed E-state index contributed by atoms with van der Waals surface area (Å²) < 4.78 is 5.63. The zero-order chi connectivity index (χ0) is 17.1. The van der Waals surface area contributed by atoms with E-state index in [0.717, 1.165) is 25.7 Å². The Kier molecular flexibility index (Phi) is 3.64. The van der Waals surface area contributed by atoms with Crippen molar-refractivity contribution < 1.29 is 19.7 Å². The van der Waals surface area contributed by atoms with Crippen LogP contribution >= 0.6 is 0 Å². The maximum atomic E-state index is 11.5. The predicted octanol–water partition coefficient (Wildman–Crippen LogP) is 3.15. The molecule has 0 bridgehead atoms. The Labute approximate surface area is 142 Å². The minimum Gasteiger partial charge on any atom is -0.508 e. The Morgan fingerprint density at radius 3 is 2.88 bits per heavy atom. The van der Waals surface area contributed by atoms with Crippen LogP contribution in [0.15, 0.2) is 18.2 Å². The van der Waals surface area contributed by atoms with Crippen LogP contribution in [0.3, 0.4) is 0 Å². The summed E-state index contributed by atoms with van der Waals surface area (Å²) in [5, 5.41) is 20.4. The summed E-state index contributed by atoms with van der Waals surface area (Å²) in [6.07, 6.45) is 3.98. The molecule has 4 rings (SSSR count). The summed E-state index contributed by atoms with van der Waals surface area (Å²) in [4.78, 5) is 11.5. The quantitative estimate of drug-likeness (QED) is 0.776. The molecule has 3 aliphatic carbocycles. The molecular weight excluding hydrogens is 304 g/mol. The van der Waals surface area contributed by atoms with Gasteiger partial charge in [0.15, 0.2) is 0 Å². The van der Waals surface area contributed by atoms with Crippen molar-refractivity contribution in [2.24, 2.45) is 17.3 Å². The molecule has 130 valence electrons. The van der Waals surface area contributed by atoms with E-state index in [-0.39, 0.29) is 23.4 Å². The van der Waals surface area contributed by atoms with Crippen molar-refractivity contribution in [3.8, 4) is 5.75 Å². The third kappa shape index (κ3) is 2.26. The molecule has 2 unspecified atom stereocenters.